The zero-order chi connectivity index (χ0) is 11.2. The molecule has 1 fully saturated rings. The largest absolute Gasteiger partial charge is 0.505 e. The molecule has 0 aliphatic heterocycles. The maximum atomic E-state index is 13.0. The fraction of sp³-hybridized carbons (Fsp3) is 0.300. The van der Waals surface area contributed by atoms with Crippen molar-refractivity contribution in [2.75, 3.05) is 0 Å². The van der Waals surface area contributed by atoms with E-state index in [0.717, 1.165) is 6.07 Å². The predicted octanol–water partition coefficient (Wildman–Crippen LogP) is 2.30. The van der Waals surface area contributed by atoms with Crippen LogP contribution in [0, 0.1) is 5.82 Å². The van der Waals surface area contributed by atoms with Crippen molar-refractivity contribution in [3.63, 3.8) is 0 Å². The highest BCUT2D eigenvalue weighted by molar-refractivity contribution is 6.31. The summed E-state index contributed by atoms with van der Waals surface area (Å²) in [5.74, 6) is -2.49. The van der Waals surface area contributed by atoms with Gasteiger partial charge in [0, 0.05) is 0 Å². The van der Waals surface area contributed by atoms with Crippen LogP contribution in [-0.2, 0) is 10.2 Å². The van der Waals surface area contributed by atoms with Crippen molar-refractivity contribution in [3.05, 3.63) is 28.5 Å². The third-order valence-electron chi connectivity index (χ3n) is 2.72. The zero-order valence-electron chi connectivity index (χ0n) is 7.63. The lowest BCUT2D eigenvalue weighted by Crippen LogP contribution is -2.19. The number of hydrogen-bond donors (Lipinski definition) is 2. The monoisotopic (exact) mass is 230 g/mol. The van der Waals surface area contributed by atoms with E-state index in [-0.39, 0.29) is 5.02 Å². The van der Waals surface area contributed by atoms with Crippen molar-refractivity contribution in [2.24, 2.45) is 0 Å². The van der Waals surface area contributed by atoms with Gasteiger partial charge in [0.15, 0.2) is 11.6 Å². The summed E-state index contributed by atoms with van der Waals surface area (Å²) in [5, 5.41) is 17.9. The molecule has 0 saturated heterocycles. The maximum Gasteiger partial charge on any atom is 0.314 e. The minimum Gasteiger partial charge on any atom is -0.505 e. The average Bonchev–Trinajstić information content (AvgIpc) is 2.93. The van der Waals surface area contributed by atoms with Gasteiger partial charge in [-0.25, -0.2) is 4.39 Å². The number of carbonyl (C=O) groups is 1. The minimum atomic E-state index is -0.977. The van der Waals surface area contributed by atoms with Crippen LogP contribution in [0.1, 0.15) is 18.4 Å². The zero-order valence-corrected chi connectivity index (χ0v) is 8.38. The van der Waals surface area contributed by atoms with Crippen LogP contribution in [-0.4, -0.2) is 16.2 Å². The first-order valence-corrected chi connectivity index (χ1v) is 4.77. The minimum absolute atomic E-state index is 0.252. The molecular formula is C10H8ClFO3. The Morgan fingerprint density at radius 3 is 2.47 bits per heavy atom. The Hall–Kier alpha value is -1.29. The highest BCUT2D eigenvalue weighted by Crippen LogP contribution is 2.50. The van der Waals surface area contributed by atoms with Crippen LogP contribution in [0.3, 0.4) is 0 Å². The van der Waals surface area contributed by atoms with E-state index >= 15 is 0 Å². The quantitative estimate of drug-likeness (QED) is 0.820. The molecule has 0 amide bonds. The van der Waals surface area contributed by atoms with E-state index in [9.17, 15) is 14.3 Å². The van der Waals surface area contributed by atoms with Crippen molar-refractivity contribution in [1.82, 2.24) is 0 Å². The molecule has 1 aromatic rings. The van der Waals surface area contributed by atoms with Crippen LogP contribution in [0.4, 0.5) is 4.39 Å². The summed E-state index contributed by atoms with van der Waals surface area (Å²) in [6, 6.07) is 2.39. The standard InChI is InChI=1S/C10H8ClFO3/c11-6-3-5(4-7(13)8(6)12)10(1-2-10)9(14)15/h3-4,13H,1-2H2,(H,14,15). The topological polar surface area (TPSA) is 57.5 Å². The third kappa shape index (κ3) is 1.45. The fourth-order valence-corrected chi connectivity index (χ4v) is 1.82. The number of carboxylic acids is 1. The van der Waals surface area contributed by atoms with E-state index in [2.05, 4.69) is 0 Å². The van der Waals surface area contributed by atoms with Gasteiger partial charge in [-0.3, -0.25) is 4.79 Å². The van der Waals surface area contributed by atoms with Crippen LogP contribution in [0.2, 0.25) is 5.02 Å². The molecule has 1 aromatic carbocycles. The van der Waals surface area contributed by atoms with Crippen LogP contribution in [0.5, 0.6) is 5.75 Å². The average molecular weight is 231 g/mol. The molecule has 2 rings (SSSR count). The highest BCUT2D eigenvalue weighted by Gasteiger charge is 2.52. The smallest absolute Gasteiger partial charge is 0.314 e. The Labute approximate surface area is 90.1 Å². The van der Waals surface area contributed by atoms with Gasteiger partial charge in [-0.05, 0) is 30.5 Å². The molecule has 0 aromatic heterocycles. The number of halogens is 2. The van der Waals surface area contributed by atoms with Gasteiger partial charge in [-0.2, -0.15) is 0 Å². The van der Waals surface area contributed by atoms with Gasteiger partial charge in [0.1, 0.15) is 0 Å². The summed E-state index contributed by atoms with van der Waals surface area (Å²) in [4.78, 5) is 11.0. The Morgan fingerprint density at radius 2 is 2.07 bits per heavy atom. The number of aliphatic carboxylic acids is 1. The SMILES string of the molecule is O=C(O)C1(c2cc(O)c(F)c(Cl)c2)CC1. The van der Waals surface area contributed by atoms with Gasteiger partial charge in [-0.1, -0.05) is 11.6 Å². The Kier molecular flexibility index (Phi) is 2.12. The second-order valence-corrected chi connectivity index (χ2v) is 4.09. The number of carboxylic acid groups (broad SMARTS) is 1. The molecule has 15 heavy (non-hydrogen) atoms. The van der Waals surface area contributed by atoms with E-state index in [1.54, 1.807) is 0 Å². The molecule has 1 aliphatic rings. The summed E-state index contributed by atoms with van der Waals surface area (Å²) < 4.78 is 13.0. The molecule has 0 bridgehead atoms. The number of phenolic OH excluding ortho intramolecular Hbond substituents is 1. The first-order chi connectivity index (χ1) is 6.97. The van der Waals surface area contributed by atoms with Crippen molar-refractivity contribution >= 4 is 17.6 Å². The Bertz CT molecular complexity index is 417. The maximum absolute atomic E-state index is 13.0. The lowest BCUT2D eigenvalue weighted by atomic mass is 9.96. The summed E-state index contributed by atoms with van der Waals surface area (Å²) in [6.45, 7) is 0. The Balaban J connectivity index is 2.51. The van der Waals surface area contributed by atoms with E-state index in [1.807, 2.05) is 0 Å². The van der Waals surface area contributed by atoms with E-state index in [4.69, 9.17) is 16.7 Å². The lowest BCUT2D eigenvalue weighted by molar-refractivity contribution is -0.140. The van der Waals surface area contributed by atoms with E-state index in [0.29, 0.717) is 18.4 Å². The molecule has 80 valence electrons. The second kappa shape index (κ2) is 3.10. The Morgan fingerprint density at radius 1 is 1.47 bits per heavy atom. The lowest BCUT2D eigenvalue weighted by Gasteiger charge is -2.11. The molecule has 1 saturated carbocycles. The van der Waals surface area contributed by atoms with Gasteiger partial charge in [-0.15, -0.1) is 0 Å². The summed E-state index contributed by atoms with van der Waals surface area (Å²) in [6.07, 6.45) is 0.980. The molecular weight excluding hydrogens is 223 g/mol. The van der Waals surface area contributed by atoms with Crippen molar-refractivity contribution in [3.8, 4) is 5.75 Å². The van der Waals surface area contributed by atoms with Gasteiger partial charge >= 0.3 is 5.97 Å². The molecule has 2 N–H and O–H groups in total. The van der Waals surface area contributed by atoms with E-state index in [1.165, 1.54) is 6.07 Å². The number of aromatic hydroxyl groups is 1. The normalized spacial score (nSPS) is 17.5. The van der Waals surface area contributed by atoms with Crippen LogP contribution >= 0.6 is 11.6 Å². The molecule has 0 atom stereocenters. The van der Waals surface area contributed by atoms with Crippen molar-refractivity contribution < 1.29 is 19.4 Å². The summed E-state index contributed by atoms with van der Waals surface area (Å²) in [7, 11) is 0. The number of benzene rings is 1. The molecule has 0 unspecified atom stereocenters. The number of phenols is 1. The van der Waals surface area contributed by atoms with Gasteiger partial charge in [0.25, 0.3) is 0 Å². The highest BCUT2D eigenvalue weighted by atomic mass is 35.5. The van der Waals surface area contributed by atoms with Crippen LogP contribution in [0.25, 0.3) is 0 Å². The van der Waals surface area contributed by atoms with Gasteiger partial charge < -0.3 is 10.2 Å². The molecule has 3 nitrogen and oxygen atoms in total. The fourth-order valence-electron chi connectivity index (χ4n) is 1.60. The van der Waals surface area contributed by atoms with Gasteiger partial charge in [0.05, 0.1) is 10.4 Å². The van der Waals surface area contributed by atoms with Gasteiger partial charge in [0.2, 0.25) is 0 Å². The first kappa shape index (κ1) is 10.2. The number of hydrogen-bond acceptors (Lipinski definition) is 2. The third-order valence-corrected chi connectivity index (χ3v) is 3.00. The van der Waals surface area contributed by atoms with Crippen LogP contribution < -0.4 is 0 Å². The molecule has 0 radical (unpaired) electrons. The molecule has 5 heteroatoms. The first-order valence-electron chi connectivity index (χ1n) is 4.39. The summed E-state index contributed by atoms with van der Waals surface area (Å²) in [5.41, 5.74) is -0.617. The summed E-state index contributed by atoms with van der Waals surface area (Å²) >= 11 is 5.53. The number of rotatable bonds is 2. The predicted molar refractivity (Wildman–Crippen MR) is 51.6 cm³/mol. The van der Waals surface area contributed by atoms with Crippen molar-refractivity contribution in [2.45, 2.75) is 18.3 Å². The second-order valence-electron chi connectivity index (χ2n) is 3.68. The molecule has 0 heterocycles. The molecule has 1 aliphatic carbocycles. The molecule has 0 spiro atoms. The van der Waals surface area contributed by atoms with Crippen LogP contribution in [0.15, 0.2) is 12.1 Å². The van der Waals surface area contributed by atoms with Crippen molar-refractivity contribution in [1.29, 1.82) is 0 Å². The van der Waals surface area contributed by atoms with E-state index < -0.39 is 23.0 Å².